The zero-order valence-corrected chi connectivity index (χ0v) is 20.0. The summed E-state index contributed by atoms with van der Waals surface area (Å²) in [6.07, 6.45) is -5.02. The molecule has 0 aromatic heterocycles. The maximum absolute atomic E-state index is 12.1. The Hall–Kier alpha value is -3.27. The topological polar surface area (TPSA) is 107 Å². The van der Waals surface area contributed by atoms with Gasteiger partial charge in [0.25, 0.3) is 0 Å². The van der Waals surface area contributed by atoms with Crippen molar-refractivity contribution in [2.75, 3.05) is 6.61 Å². The van der Waals surface area contributed by atoms with Crippen LogP contribution in [0.1, 0.15) is 31.9 Å². The second kappa shape index (κ2) is 13.0. The van der Waals surface area contributed by atoms with Crippen molar-refractivity contribution in [3.05, 3.63) is 71.8 Å². The van der Waals surface area contributed by atoms with Crippen molar-refractivity contribution in [1.29, 1.82) is 0 Å². The summed E-state index contributed by atoms with van der Waals surface area (Å²) in [5.74, 6) is -1.71. The molecule has 1 aliphatic heterocycles. The molecule has 9 heteroatoms. The van der Waals surface area contributed by atoms with Crippen molar-refractivity contribution in [3.8, 4) is 0 Å². The summed E-state index contributed by atoms with van der Waals surface area (Å²) < 4.78 is 34.4. The summed E-state index contributed by atoms with van der Waals surface area (Å²) in [7, 11) is 0. The van der Waals surface area contributed by atoms with Crippen LogP contribution in [-0.2, 0) is 56.0 Å². The van der Waals surface area contributed by atoms with Gasteiger partial charge in [0.05, 0.1) is 13.2 Å². The summed E-state index contributed by atoms with van der Waals surface area (Å²) in [6.45, 7) is 3.88. The van der Waals surface area contributed by atoms with Gasteiger partial charge in [-0.1, -0.05) is 60.7 Å². The fraction of sp³-hybridized carbons (Fsp3) is 0.423. The maximum atomic E-state index is 12.1. The van der Waals surface area contributed by atoms with E-state index < -0.39 is 48.6 Å². The predicted molar refractivity (Wildman–Crippen MR) is 123 cm³/mol. The molecule has 35 heavy (non-hydrogen) atoms. The van der Waals surface area contributed by atoms with Gasteiger partial charge < -0.3 is 28.4 Å². The SMILES string of the molecule is CC(=O)OCC1OC(OC(C)=O)C(OCc2ccccc2)C(OC(C)=O)C1OCc1ccccc1. The van der Waals surface area contributed by atoms with Crippen molar-refractivity contribution in [1.82, 2.24) is 0 Å². The number of carbonyl (C=O) groups is 3. The van der Waals surface area contributed by atoms with E-state index in [4.69, 9.17) is 28.4 Å². The van der Waals surface area contributed by atoms with Crippen molar-refractivity contribution in [2.24, 2.45) is 0 Å². The molecule has 1 fully saturated rings. The second-order valence-corrected chi connectivity index (χ2v) is 8.05. The molecule has 0 aliphatic carbocycles. The number of hydrogen-bond acceptors (Lipinski definition) is 9. The average Bonchev–Trinajstić information content (AvgIpc) is 2.82. The Balaban J connectivity index is 1.90. The van der Waals surface area contributed by atoms with Gasteiger partial charge >= 0.3 is 17.9 Å². The van der Waals surface area contributed by atoms with Crippen molar-refractivity contribution < 1.29 is 42.8 Å². The Bertz CT molecular complexity index is 963. The Labute approximate surface area is 204 Å². The van der Waals surface area contributed by atoms with Gasteiger partial charge in [0, 0.05) is 20.8 Å². The number of rotatable bonds is 10. The molecule has 0 radical (unpaired) electrons. The van der Waals surface area contributed by atoms with Gasteiger partial charge in [-0.05, 0) is 11.1 Å². The molecule has 1 aliphatic rings. The molecule has 1 saturated heterocycles. The molecule has 0 saturated carbocycles. The molecule has 2 aromatic rings. The van der Waals surface area contributed by atoms with E-state index >= 15 is 0 Å². The second-order valence-electron chi connectivity index (χ2n) is 8.05. The molecular formula is C26H30O9. The first kappa shape index (κ1) is 26.3. The lowest BCUT2D eigenvalue weighted by atomic mass is 9.98. The highest BCUT2D eigenvalue weighted by Gasteiger charge is 2.51. The summed E-state index contributed by atoms with van der Waals surface area (Å²) in [5, 5.41) is 0. The first-order chi connectivity index (χ1) is 16.8. The molecule has 0 bridgehead atoms. The van der Waals surface area contributed by atoms with Crippen molar-refractivity contribution in [2.45, 2.75) is 64.7 Å². The van der Waals surface area contributed by atoms with E-state index in [0.717, 1.165) is 11.1 Å². The van der Waals surface area contributed by atoms with Gasteiger partial charge in [-0.25, -0.2) is 0 Å². The highest BCUT2D eigenvalue weighted by Crippen LogP contribution is 2.31. The molecule has 2 aromatic carbocycles. The third-order valence-corrected chi connectivity index (χ3v) is 5.20. The highest BCUT2D eigenvalue weighted by molar-refractivity contribution is 5.67. The molecule has 9 nitrogen and oxygen atoms in total. The van der Waals surface area contributed by atoms with Crippen LogP contribution in [0.5, 0.6) is 0 Å². The molecule has 3 rings (SSSR count). The Morgan fingerprint density at radius 2 is 1.20 bits per heavy atom. The van der Waals surface area contributed by atoms with Crippen LogP contribution in [0.2, 0.25) is 0 Å². The van der Waals surface area contributed by atoms with Gasteiger partial charge in [-0.3, -0.25) is 14.4 Å². The number of hydrogen-bond donors (Lipinski definition) is 0. The van der Waals surface area contributed by atoms with E-state index in [2.05, 4.69) is 0 Å². The van der Waals surface area contributed by atoms with E-state index in [9.17, 15) is 14.4 Å². The molecule has 188 valence electrons. The minimum atomic E-state index is -1.22. The molecule has 5 unspecified atom stereocenters. The lowest BCUT2D eigenvalue weighted by molar-refractivity contribution is -0.312. The van der Waals surface area contributed by atoms with Crippen LogP contribution >= 0.6 is 0 Å². The summed E-state index contributed by atoms with van der Waals surface area (Å²) in [4.78, 5) is 35.4. The van der Waals surface area contributed by atoms with E-state index in [1.807, 2.05) is 60.7 Å². The van der Waals surface area contributed by atoms with Crippen LogP contribution in [0.3, 0.4) is 0 Å². The normalized spacial score (nSPS) is 23.8. The fourth-order valence-electron chi connectivity index (χ4n) is 3.71. The van der Waals surface area contributed by atoms with Gasteiger partial charge in [-0.2, -0.15) is 0 Å². The average molecular weight is 487 g/mol. The number of esters is 3. The third-order valence-electron chi connectivity index (χ3n) is 5.20. The van der Waals surface area contributed by atoms with E-state index in [-0.39, 0.29) is 19.8 Å². The monoisotopic (exact) mass is 486 g/mol. The Kier molecular flexibility index (Phi) is 9.77. The predicted octanol–water partition coefficient (Wildman–Crippen LogP) is 2.94. The molecule has 5 atom stereocenters. The lowest BCUT2D eigenvalue weighted by Crippen LogP contribution is -2.62. The van der Waals surface area contributed by atoms with Crippen LogP contribution < -0.4 is 0 Å². The van der Waals surface area contributed by atoms with Crippen LogP contribution in [0.25, 0.3) is 0 Å². The maximum Gasteiger partial charge on any atom is 0.305 e. The number of carbonyl (C=O) groups excluding carboxylic acids is 3. The zero-order valence-electron chi connectivity index (χ0n) is 20.0. The highest BCUT2D eigenvalue weighted by atomic mass is 16.7. The smallest absolute Gasteiger partial charge is 0.305 e. The lowest BCUT2D eigenvalue weighted by Gasteiger charge is -2.44. The quantitative estimate of drug-likeness (QED) is 0.370. The molecule has 1 heterocycles. The number of ether oxygens (including phenoxy) is 6. The summed E-state index contributed by atoms with van der Waals surface area (Å²) in [5.41, 5.74) is 1.74. The summed E-state index contributed by atoms with van der Waals surface area (Å²) in [6, 6.07) is 18.8. The molecule has 0 spiro atoms. The van der Waals surface area contributed by atoms with Gasteiger partial charge in [0.1, 0.15) is 18.8 Å². The Morgan fingerprint density at radius 1 is 0.686 bits per heavy atom. The van der Waals surface area contributed by atoms with E-state index in [1.165, 1.54) is 20.8 Å². The van der Waals surface area contributed by atoms with Crippen LogP contribution in [-0.4, -0.2) is 55.2 Å². The van der Waals surface area contributed by atoms with Crippen LogP contribution in [0, 0.1) is 0 Å². The largest absolute Gasteiger partial charge is 0.463 e. The fourth-order valence-corrected chi connectivity index (χ4v) is 3.71. The van der Waals surface area contributed by atoms with Gasteiger partial charge in [-0.15, -0.1) is 0 Å². The van der Waals surface area contributed by atoms with E-state index in [0.29, 0.717) is 0 Å². The molecule has 0 amide bonds. The van der Waals surface area contributed by atoms with Crippen molar-refractivity contribution in [3.63, 3.8) is 0 Å². The van der Waals surface area contributed by atoms with Crippen LogP contribution in [0.4, 0.5) is 0 Å². The van der Waals surface area contributed by atoms with Gasteiger partial charge in [0.15, 0.2) is 12.2 Å². The molecular weight excluding hydrogens is 456 g/mol. The third kappa shape index (κ3) is 8.17. The zero-order chi connectivity index (χ0) is 25.2. The van der Waals surface area contributed by atoms with E-state index in [1.54, 1.807) is 0 Å². The minimum absolute atomic E-state index is 0.143. The van der Waals surface area contributed by atoms with Crippen LogP contribution in [0.15, 0.2) is 60.7 Å². The standard InChI is InChI=1S/C26H30O9/c1-17(27)30-16-22-23(31-14-20-10-6-4-7-11-20)24(33-18(2)28)25(26(35-22)34-19(3)29)32-15-21-12-8-5-9-13-21/h4-13,22-26H,14-16H2,1-3H3. The first-order valence-corrected chi connectivity index (χ1v) is 11.3. The number of benzene rings is 2. The minimum Gasteiger partial charge on any atom is -0.463 e. The first-order valence-electron chi connectivity index (χ1n) is 11.3. The van der Waals surface area contributed by atoms with Crippen molar-refractivity contribution >= 4 is 17.9 Å². The Morgan fingerprint density at radius 3 is 1.69 bits per heavy atom. The molecule has 0 N–H and O–H groups in total. The van der Waals surface area contributed by atoms with Gasteiger partial charge in [0.2, 0.25) is 6.29 Å². The summed E-state index contributed by atoms with van der Waals surface area (Å²) >= 11 is 0.